The Labute approximate surface area is 157 Å². The van der Waals surface area contributed by atoms with Crippen molar-refractivity contribution in [2.75, 3.05) is 52.4 Å². The molecule has 2 amide bonds. The van der Waals surface area contributed by atoms with Crippen LogP contribution in [0.4, 0.5) is 0 Å². The number of sulfonamides is 1. The van der Waals surface area contributed by atoms with Gasteiger partial charge >= 0.3 is 0 Å². The van der Waals surface area contributed by atoms with Crippen molar-refractivity contribution in [1.29, 1.82) is 0 Å². The van der Waals surface area contributed by atoms with Gasteiger partial charge in [-0.2, -0.15) is 4.31 Å². The van der Waals surface area contributed by atoms with Gasteiger partial charge in [0.1, 0.15) is 4.90 Å². The molecule has 1 N–H and O–H groups in total. The molecule has 0 saturated carbocycles. The van der Waals surface area contributed by atoms with E-state index in [1.165, 1.54) is 10.4 Å². The summed E-state index contributed by atoms with van der Waals surface area (Å²) in [5.74, 6) is -0.172. The van der Waals surface area contributed by atoms with Gasteiger partial charge in [0.2, 0.25) is 21.8 Å². The van der Waals surface area contributed by atoms with Crippen LogP contribution in [0.3, 0.4) is 0 Å². The topological polar surface area (TPSA) is 90.0 Å². The zero-order valence-corrected chi connectivity index (χ0v) is 15.8. The summed E-state index contributed by atoms with van der Waals surface area (Å²) in [5, 5.41) is 2.91. The fraction of sp³-hybridized carbons (Fsp3) is 0.500. The molecule has 1 aromatic carbocycles. The molecule has 0 spiro atoms. The molecule has 2 aliphatic heterocycles. The average molecular weight is 401 g/mol. The molecule has 8 nitrogen and oxygen atoms in total. The Morgan fingerprint density at radius 1 is 1.12 bits per heavy atom. The van der Waals surface area contributed by atoms with Crippen molar-refractivity contribution in [3.05, 3.63) is 29.3 Å². The van der Waals surface area contributed by atoms with Gasteiger partial charge in [0, 0.05) is 39.3 Å². The first kappa shape index (κ1) is 19.1. The van der Waals surface area contributed by atoms with Crippen molar-refractivity contribution in [1.82, 2.24) is 19.4 Å². The van der Waals surface area contributed by atoms with E-state index in [1.807, 2.05) is 0 Å². The minimum atomic E-state index is -3.68. The first-order valence-electron chi connectivity index (χ1n) is 8.39. The number of carbonyl (C=O) groups is 2. The lowest BCUT2D eigenvalue weighted by Crippen LogP contribution is -2.55. The third-order valence-corrected chi connectivity index (χ3v) is 6.92. The lowest BCUT2D eigenvalue weighted by Gasteiger charge is -2.35. The zero-order chi connectivity index (χ0) is 18.7. The van der Waals surface area contributed by atoms with E-state index >= 15 is 0 Å². The van der Waals surface area contributed by atoms with E-state index in [9.17, 15) is 18.0 Å². The summed E-state index contributed by atoms with van der Waals surface area (Å²) in [6, 6.07) is 6.34. The highest BCUT2D eigenvalue weighted by Gasteiger charge is 2.32. The smallest absolute Gasteiger partial charge is 0.244 e. The minimum Gasteiger partial charge on any atom is -0.354 e. The van der Waals surface area contributed by atoms with Crippen LogP contribution in [0.1, 0.15) is 0 Å². The van der Waals surface area contributed by atoms with Crippen molar-refractivity contribution in [2.24, 2.45) is 0 Å². The molecule has 2 heterocycles. The number of nitrogens with zero attached hydrogens (tertiary/aromatic N) is 3. The molecule has 26 heavy (non-hydrogen) atoms. The number of hydrogen-bond donors (Lipinski definition) is 1. The predicted molar refractivity (Wildman–Crippen MR) is 96.2 cm³/mol. The minimum absolute atomic E-state index is 0.0836. The second kappa shape index (κ2) is 7.91. The molecule has 2 saturated heterocycles. The van der Waals surface area contributed by atoms with Crippen LogP contribution in [0.5, 0.6) is 0 Å². The maximum Gasteiger partial charge on any atom is 0.244 e. The van der Waals surface area contributed by atoms with Crippen LogP contribution in [0, 0.1) is 0 Å². The molecule has 0 unspecified atom stereocenters. The lowest BCUT2D eigenvalue weighted by atomic mass is 10.3. The Kier molecular flexibility index (Phi) is 5.81. The summed E-state index contributed by atoms with van der Waals surface area (Å²) < 4.78 is 26.8. The van der Waals surface area contributed by atoms with Crippen LogP contribution in [0.2, 0.25) is 5.02 Å². The third-order valence-electron chi connectivity index (χ3n) is 4.52. The van der Waals surface area contributed by atoms with Gasteiger partial charge in [0.15, 0.2) is 0 Å². The quantitative estimate of drug-likeness (QED) is 0.743. The van der Waals surface area contributed by atoms with E-state index in [4.69, 9.17) is 11.6 Å². The van der Waals surface area contributed by atoms with Gasteiger partial charge in [0.25, 0.3) is 0 Å². The standard InChI is InChI=1S/C16H21ClN4O4S/c17-13-3-1-2-4-14(13)26(24,25)21-9-7-20(8-10-21)16(23)12-19-6-5-18-15(22)11-19/h1-4H,5-12H2,(H,18,22). The van der Waals surface area contributed by atoms with Crippen molar-refractivity contribution in [3.63, 3.8) is 0 Å². The Morgan fingerprint density at radius 2 is 1.81 bits per heavy atom. The molecule has 0 atom stereocenters. The summed E-state index contributed by atoms with van der Waals surface area (Å²) in [4.78, 5) is 27.3. The second-order valence-electron chi connectivity index (χ2n) is 6.28. The molecule has 0 aromatic heterocycles. The van der Waals surface area contributed by atoms with Crippen LogP contribution in [-0.4, -0.2) is 86.7 Å². The van der Waals surface area contributed by atoms with Crippen LogP contribution in [-0.2, 0) is 19.6 Å². The molecule has 2 fully saturated rings. The van der Waals surface area contributed by atoms with Crippen LogP contribution in [0.15, 0.2) is 29.2 Å². The zero-order valence-electron chi connectivity index (χ0n) is 14.2. The fourth-order valence-corrected chi connectivity index (χ4v) is 5.00. The number of benzene rings is 1. The van der Waals surface area contributed by atoms with E-state index < -0.39 is 10.0 Å². The Hall–Kier alpha value is -1.68. The summed E-state index contributed by atoms with van der Waals surface area (Å²) >= 11 is 6.02. The Bertz CT molecular complexity index is 793. The maximum absolute atomic E-state index is 12.7. The van der Waals surface area contributed by atoms with Crippen LogP contribution < -0.4 is 5.32 Å². The third kappa shape index (κ3) is 4.17. The highest BCUT2D eigenvalue weighted by Crippen LogP contribution is 2.25. The number of amides is 2. The van der Waals surface area contributed by atoms with Gasteiger partial charge in [-0.05, 0) is 12.1 Å². The molecular formula is C16H21ClN4O4S. The highest BCUT2D eigenvalue weighted by molar-refractivity contribution is 7.89. The highest BCUT2D eigenvalue weighted by atomic mass is 35.5. The summed E-state index contributed by atoms with van der Waals surface area (Å²) in [6.07, 6.45) is 0. The normalized spacial score (nSPS) is 20.0. The molecule has 142 valence electrons. The predicted octanol–water partition coefficient (Wildman–Crippen LogP) is -0.395. The monoisotopic (exact) mass is 400 g/mol. The molecule has 3 rings (SSSR count). The van der Waals surface area contributed by atoms with Crippen molar-refractivity contribution >= 4 is 33.4 Å². The van der Waals surface area contributed by atoms with Gasteiger partial charge in [-0.1, -0.05) is 23.7 Å². The SMILES string of the molecule is O=C1CN(CC(=O)N2CCN(S(=O)(=O)c3ccccc3Cl)CC2)CCN1. The van der Waals surface area contributed by atoms with E-state index in [1.54, 1.807) is 28.0 Å². The second-order valence-corrected chi connectivity index (χ2v) is 8.59. The fourth-order valence-electron chi connectivity index (χ4n) is 3.09. The van der Waals surface area contributed by atoms with Crippen molar-refractivity contribution in [3.8, 4) is 0 Å². The average Bonchev–Trinajstić information content (AvgIpc) is 2.62. The maximum atomic E-state index is 12.7. The van der Waals surface area contributed by atoms with E-state index in [2.05, 4.69) is 5.32 Å². The van der Waals surface area contributed by atoms with Gasteiger partial charge in [0.05, 0.1) is 18.1 Å². The number of nitrogens with one attached hydrogen (secondary N) is 1. The molecule has 1 aromatic rings. The van der Waals surface area contributed by atoms with Gasteiger partial charge in [-0.15, -0.1) is 0 Å². The molecule has 10 heteroatoms. The lowest BCUT2D eigenvalue weighted by molar-refractivity contribution is -0.135. The van der Waals surface area contributed by atoms with Gasteiger partial charge < -0.3 is 10.2 Å². The summed E-state index contributed by atoms with van der Waals surface area (Å²) in [6.45, 7) is 2.65. The number of hydrogen-bond acceptors (Lipinski definition) is 5. The molecule has 0 bridgehead atoms. The molecular weight excluding hydrogens is 380 g/mol. The van der Waals surface area contributed by atoms with Crippen LogP contribution >= 0.6 is 11.6 Å². The van der Waals surface area contributed by atoms with E-state index in [-0.39, 0.29) is 47.9 Å². The Balaban J connectivity index is 1.58. The van der Waals surface area contributed by atoms with E-state index in [0.717, 1.165) is 0 Å². The summed E-state index contributed by atoms with van der Waals surface area (Å²) in [5.41, 5.74) is 0. The van der Waals surface area contributed by atoms with Crippen LogP contribution in [0.25, 0.3) is 0 Å². The number of carbonyl (C=O) groups excluding carboxylic acids is 2. The van der Waals surface area contributed by atoms with Gasteiger partial charge in [-0.3, -0.25) is 14.5 Å². The largest absolute Gasteiger partial charge is 0.354 e. The van der Waals surface area contributed by atoms with E-state index in [0.29, 0.717) is 26.2 Å². The number of rotatable bonds is 4. The molecule has 0 radical (unpaired) electrons. The Morgan fingerprint density at radius 3 is 2.46 bits per heavy atom. The first-order chi connectivity index (χ1) is 12.4. The van der Waals surface area contributed by atoms with Crippen molar-refractivity contribution in [2.45, 2.75) is 4.90 Å². The molecule has 2 aliphatic rings. The number of piperazine rings is 2. The molecule has 0 aliphatic carbocycles. The summed E-state index contributed by atoms with van der Waals surface area (Å²) in [7, 11) is -3.68. The van der Waals surface area contributed by atoms with Crippen molar-refractivity contribution < 1.29 is 18.0 Å². The number of halogens is 1. The van der Waals surface area contributed by atoms with Gasteiger partial charge in [-0.25, -0.2) is 8.42 Å². The first-order valence-corrected chi connectivity index (χ1v) is 10.2.